The number of ketones is 1. The number of ether oxygens (including phenoxy) is 2. The number of hydrogen-bond acceptors (Lipinski definition) is 4. The minimum Gasteiger partial charge on any atom is -0.393 e. The Morgan fingerprint density at radius 2 is 1.97 bits per heavy atom. The molecular weight excluding hydrogens is 460 g/mol. The zero-order valence-electron chi connectivity index (χ0n) is 23.5. The second-order valence-electron chi connectivity index (χ2n) is 14.7. The number of rotatable bonds is 4. The third-order valence-electron chi connectivity index (χ3n) is 11.1. The third-order valence-corrected chi connectivity index (χ3v) is 11.1. The summed E-state index contributed by atoms with van der Waals surface area (Å²) >= 11 is 0. The molecule has 1 N–H and O–H groups in total. The van der Waals surface area contributed by atoms with Crippen molar-refractivity contribution >= 4 is 5.78 Å². The van der Waals surface area contributed by atoms with E-state index >= 15 is 0 Å². The van der Waals surface area contributed by atoms with Crippen LogP contribution in [0.3, 0.4) is 0 Å². The number of carbonyl (C=O) groups excluding carboxylic acids is 1. The monoisotopic (exact) mass is 506 g/mol. The minimum absolute atomic E-state index is 0.137. The van der Waals surface area contributed by atoms with Crippen molar-refractivity contribution in [1.82, 2.24) is 0 Å². The molecule has 0 aromatic heterocycles. The van der Waals surface area contributed by atoms with Crippen molar-refractivity contribution < 1.29 is 19.4 Å². The molecule has 4 saturated carbocycles. The van der Waals surface area contributed by atoms with Crippen LogP contribution in [0.25, 0.3) is 0 Å². The summed E-state index contributed by atoms with van der Waals surface area (Å²) in [6.07, 6.45) is 17.4. The van der Waals surface area contributed by atoms with Gasteiger partial charge in [-0.25, -0.2) is 0 Å². The van der Waals surface area contributed by atoms with Crippen molar-refractivity contribution in [2.75, 3.05) is 0 Å². The summed E-state index contributed by atoms with van der Waals surface area (Å²) < 4.78 is 13.5. The van der Waals surface area contributed by atoms with Crippen LogP contribution in [-0.4, -0.2) is 35.0 Å². The SMILES string of the molecule is C=C1C=C[C@@]2(C)C(=C1)CC[C@@H]1[C@@H]2[C@@H](O)C[C@@]2(C)[C@H]1C[C@H]1O[C@@H](/C=C/C3CCC3)O[C@]12C(=O)CC(C)(C)C. The Balaban J connectivity index is 1.37. The fourth-order valence-corrected chi connectivity index (χ4v) is 9.25. The average molecular weight is 507 g/mol. The van der Waals surface area contributed by atoms with Crippen LogP contribution in [0.2, 0.25) is 0 Å². The maximum Gasteiger partial charge on any atom is 0.178 e. The molecule has 9 atom stereocenters. The van der Waals surface area contributed by atoms with Gasteiger partial charge in [0.05, 0.1) is 12.2 Å². The van der Waals surface area contributed by atoms with Crippen molar-refractivity contribution in [3.05, 3.63) is 48.1 Å². The van der Waals surface area contributed by atoms with E-state index in [1.165, 1.54) is 24.8 Å². The van der Waals surface area contributed by atoms with E-state index in [1.54, 1.807) is 0 Å². The molecule has 0 radical (unpaired) electrons. The molecule has 6 aliphatic rings. The molecule has 0 amide bonds. The van der Waals surface area contributed by atoms with Crippen molar-refractivity contribution in [2.24, 2.45) is 39.9 Å². The van der Waals surface area contributed by atoms with Gasteiger partial charge in [0.2, 0.25) is 0 Å². The van der Waals surface area contributed by atoms with Crippen molar-refractivity contribution in [3.63, 3.8) is 0 Å². The largest absolute Gasteiger partial charge is 0.393 e. The lowest BCUT2D eigenvalue weighted by Gasteiger charge is -2.60. The molecule has 4 heteroatoms. The van der Waals surface area contributed by atoms with Gasteiger partial charge in [0.25, 0.3) is 0 Å². The third kappa shape index (κ3) is 3.76. The summed E-state index contributed by atoms with van der Waals surface area (Å²) in [4.78, 5) is 14.3. The van der Waals surface area contributed by atoms with Crippen LogP contribution >= 0.6 is 0 Å². The second kappa shape index (κ2) is 8.50. The Labute approximate surface area is 223 Å². The van der Waals surface area contributed by atoms with Crippen LogP contribution in [0.5, 0.6) is 0 Å². The molecule has 1 heterocycles. The van der Waals surface area contributed by atoms with E-state index in [9.17, 15) is 9.90 Å². The topological polar surface area (TPSA) is 55.8 Å². The quantitative estimate of drug-likeness (QED) is 0.431. The van der Waals surface area contributed by atoms with E-state index in [4.69, 9.17) is 9.47 Å². The lowest BCUT2D eigenvalue weighted by molar-refractivity contribution is -0.192. The maximum absolute atomic E-state index is 14.3. The molecule has 0 aromatic carbocycles. The molecule has 4 nitrogen and oxygen atoms in total. The molecular formula is C33H46O4. The van der Waals surface area contributed by atoms with Gasteiger partial charge in [0.15, 0.2) is 17.7 Å². The van der Waals surface area contributed by atoms with Gasteiger partial charge in [-0.15, -0.1) is 0 Å². The maximum atomic E-state index is 14.3. The van der Waals surface area contributed by atoms with E-state index in [0.717, 1.165) is 24.8 Å². The van der Waals surface area contributed by atoms with Crippen LogP contribution < -0.4 is 0 Å². The molecule has 1 saturated heterocycles. The van der Waals surface area contributed by atoms with E-state index < -0.39 is 23.4 Å². The minimum atomic E-state index is -1.00. The number of aliphatic hydroxyl groups is 1. The van der Waals surface area contributed by atoms with Gasteiger partial charge >= 0.3 is 0 Å². The molecule has 5 fully saturated rings. The zero-order valence-corrected chi connectivity index (χ0v) is 23.5. The second-order valence-corrected chi connectivity index (χ2v) is 14.7. The molecule has 5 aliphatic carbocycles. The fraction of sp³-hybridized carbons (Fsp3) is 0.727. The first-order chi connectivity index (χ1) is 17.4. The highest BCUT2D eigenvalue weighted by Crippen LogP contribution is 2.70. The zero-order chi connectivity index (χ0) is 26.4. The van der Waals surface area contributed by atoms with Gasteiger partial charge in [-0.3, -0.25) is 4.79 Å². The molecule has 0 aromatic rings. The highest BCUT2D eigenvalue weighted by molar-refractivity contribution is 5.90. The number of fused-ring (bicyclic) bond motifs is 7. The van der Waals surface area contributed by atoms with Crippen LogP contribution in [0.4, 0.5) is 0 Å². The summed E-state index contributed by atoms with van der Waals surface area (Å²) in [5, 5.41) is 11.9. The normalized spacial score (nSPS) is 47.2. The van der Waals surface area contributed by atoms with Crippen LogP contribution in [0.15, 0.2) is 48.1 Å². The van der Waals surface area contributed by atoms with Crippen LogP contribution in [0.1, 0.15) is 86.0 Å². The molecule has 6 rings (SSSR count). The smallest absolute Gasteiger partial charge is 0.178 e. The standard InChI is InChI=1S/C33H46O4/c1-20-14-15-31(5)22(16-20)11-12-23-24-17-27-33(26(35)19-30(2,3)4,32(24,6)18-25(34)29(23)31)37-28(36-27)13-10-21-8-7-9-21/h10,13-16,21,23-25,27-29,34H,1,7-9,11-12,17-19H2,2-6H3/b13-10+/t23-,24-,25-,27+,28+,29+,31-,32-,33+/m0/s1. The van der Waals surface area contributed by atoms with Crippen molar-refractivity contribution in [2.45, 2.75) is 110 Å². The lowest BCUT2D eigenvalue weighted by atomic mass is 9.46. The van der Waals surface area contributed by atoms with Crippen LogP contribution in [0, 0.1) is 39.9 Å². The molecule has 0 spiro atoms. The first-order valence-corrected chi connectivity index (χ1v) is 14.7. The number of Topliss-reactive ketones (excluding diaryl/α,β-unsaturated/α-hetero) is 1. The van der Waals surface area contributed by atoms with Gasteiger partial charge in [-0.05, 0) is 73.3 Å². The molecule has 0 bridgehead atoms. The highest BCUT2D eigenvalue weighted by Gasteiger charge is 2.75. The van der Waals surface area contributed by atoms with Gasteiger partial charge < -0.3 is 14.6 Å². The van der Waals surface area contributed by atoms with Gasteiger partial charge in [0.1, 0.15) is 0 Å². The first-order valence-electron chi connectivity index (χ1n) is 14.7. The molecule has 1 aliphatic heterocycles. The van der Waals surface area contributed by atoms with Gasteiger partial charge in [-0.1, -0.05) is 77.5 Å². The van der Waals surface area contributed by atoms with Crippen molar-refractivity contribution in [1.29, 1.82) is 0 Å². The number of allylic oxidation sites excluding steroid dienone is 6. The molecule has 37 heavy (non-hydrogen) atoms. The number of hydrogen-bond donors (Lipinski definition) is 1. The molecule has 0 unspecified atom stereocenters. The number of aliphatic hydroxyl groups excluding tert-OH is 1. The fourth-order valence-electron chi connectivity index (χ4n) is 9.25. The Bertz CT molecular complexity index is 1070. The highest BCUT2D eigenvalue weighted by atomic mass is 16.7. The first kappa shape index (κ1) is 25.8. The Morgan fingerprint density at radius 3 is 2.65 bits per heavy atom. The van der Waals surface area contributed by atoms with Crippen molar-refractivity contribution in [3.8, 4) is 0 Å². The average Bonchev–Trinajstić information content (AvgIpc) is 3.24. The van der Waals surface area contributed by atoms with Crippen LogP contribution in [-0.2, 0) is 14.3 Å². The molecule has 202 valence electrons. The predicted octanol–water partition coefficient (Wildman–Crippen LogP) is 6.70. The van der Waals surface area contributed by atoms with Gasteiger partial charge in [0, 0.05) is 23.2 Å². The summed E-state index contributed by atoms with van der Waals surface area (Å²) in [6.45, 7) is 15.1. The van der Waals surface area contributed by atoms with E-state index in [-0.39, 0.29) is 34.6 Å². The van der Waals surface area contributed by atoms with E-state index in [0.29, 0.717) is 24.7 Å². The summed E-state index contributed by atoms with van der Waals surface area (Å²) in [6, 6.07) is 0. The Morgan fingerprint density at radius 1 is 1.22 bits per heavy atom. The summed E-state index contributed by atoms with van der Waals surface area (Å²) in [5.41, 5.74) is 0.677. The van der Waals surface area contributed by atoms with Gasteiger partial charge in [-0.2, -0.15) is 0 Å². The Kier molecular flexibility index (Phi) is 5.92. The number of carbonyl (C=O) groups is 1. The lowest BCUT2D eigenvalue weighted by Crippen LogP contribution is -2.63. The predicted molar refractivity (Wildman–Crippen MR) is 146 cm³/mol. The van der Waals surface area contributed by atoms with E-state index in [1.807, 2.05) is 0 Å². The van der Waals surface area contributed by atoms with E-state index in [2.05, 4.69) is 71.6 Å². The summed E-state index contributed by atoms with van der Waals surface area (Å²) in [7, 11) is 0. The Hall–Kier alpha value is -1.49. The summed E-state index contributed by atoms with van der Waals surface area (Å²) in [5.74, 6) is 1.52.